The fourth-order valence-corrected chi connectivity index (χ4v) is 4.15. The minimum absolute atomic E-state index is 0.000770. The molecule has 1 N–H and O–H groups in total. The Kier molecular flexibility index (Phi) is 4.68. The first-order valence-corrected chi connectivity index (χ1v) is 10.2. The van der Waals surface area contributed by atoms with E-state index in [-0.39, 0.29) is 11.7 Å². The maximum absolute atomic E-state index is 13.2. The SMILES string of the molecule is Cc1ccc(Nc2nn(-c3ccccc3)c3c2C(=O)C[C@H](c2ccco2)C3)cc1Cl. The molecule has 0 unspecified atom stereocenters. The van der Waals surface area contributed by atoms with Gasteiger partial charge < -0.3 is 9.73 Å². The van der Waals surface area contributed by atoms with Gasteiger partial charge in [-0.25, -0.2) is 4.68 Å². The first-order chi connectivity index (χ1) is 14.6. The largest absolute Gasteiger partial charge is 0.469 e. The summed E-state index contributed by atoms with van der Waals surface area (Å²) >= 11 is 6.29. The lowest BCUT2D eigenvalue weighted by Gasteiger charge is -2.21. The number of aromatic nitrogens is 2. The fraction of sp³-hybridized carbons (Fsp3) is 0.167. The lowest BCUT2D eigenvalue weighted by atomic mass is 9.85. The highest BCUT2D eigenvalue weighted by atomic mass is 35.5. The summed E-state index contributed by atoms with van der Waals surface area (Å²) in [7, 11) is 0. The van der Waals surface area contributed by atoms with Crippen LogP contribution in [0.2, 0.25) is 5.02 Å². The van der Waals surface area contributed by atoms with Gasteiger partial charge in [0, 0.05) is 29.5 Å². The summed E-state index contributed by atoms with van der Waals surface area (Å²) in [6, 6.07) is 19.4. The molecule has 4 aromatic rings. The monoisotopic (exact) mass is 417 g/mol. The van der Waals surface area contributed by atoms with Crippen LogP contribution in [0.5, 0.6) is 0 Å². The molecule has 0 saturated carbocycles. The molecule has 30 heavy (non-hydrogen) atoms. The third-order valence-electron chi connectivity index (χ3n) is 5.51. The van der Waals surface area contributed by atoms with Crippen molar-refractivity contribution in [2.45, 2.75) is 25.7 Å². The predicted octanol–water partition coefficient (Wildman–Crippen LogP) is 6.08. The molecule has 2 heterocycles. The van der Waals surface area contributed by atoms with Gasteiger partial charge in [-0.15, -0.1) is 5.10 Å². The Bertz CT molecular complexity index is 1210. The van der Waals surface area contributed by atoms with Crippen LogP contribution in [-0.2, 0) is 6.42 Å². The van der Waals surface area contributed by atoms with Gasteiger partial charge in [0.15, 0.2) is 11.6 Å². The first kappa shape index (κ1) is 18.7. The van der Waals surface area contributed by atoms with Crippen LogP contribution in [0.15, 0.2) is 71.3 Å². The molecule has 6 heteroatoms. The molecular weight excluding hydrogens is 398 g/mol. The topological polar surface area (TPSA) is 60.1 Å². The quantitative estimate of drug-likeness (QED) is 0.437. The molecule has 1 aliphatic rings. The second-order valence-electron chi connectivity index (χ2n) is 7.55. The number of carbonyl (C=O) groups is 1. The minimum Gasteiger partial charge on any atom is -0.469 e. The second-order valence-corrected chi connectivity index (χ2v) is 7.96. The van der Waals surface area contributed by atoms with Crippen molar-refractivity contribution in [3.05, 3.63) is 94.5 Å². The van der Waals surface area contributed by atoms with Gasteiger partial charge in [-0.05, 0) is 48.9 Å². The number of halogens is 1. The van der Waals surface area contributed by atoms with Gasteiger partial charge in [0.2, 0.25) is 0 Å². The summed E-state index contributed by atoms with van der Waals surface area (Å²) in [5.41, 5.74) is 4.23. The van der Waals surface area contributed by atoms with Crippen molar-refractivity contribution in [2.24, 2.45) is 0 Å². The molecule has 1 aliphatic carbocycles. The van der Waals surface area contributed by atoms with E-state index in [0.29, 0.717) is 29.2 Å². The molecule has 5 nitrogen and oxygen atoms in total. The Hall–Kier alpha value is -3.31. The Morgan fingerprint density at radius 3 is 2.67 bits per heavy atom. The number of nitrogens with one attached hydrogen (secondary N) is 1. The van der Waals surface area contributed by atoms with Crippen molar-refractivity contribution in [3.8, 4) is 5.69 Å². The fourth-order valence-electron chi connectivity index (χ4n) is 3.97. The van der Waals surface area contributed by atoms with Crippen LogP contribution in [0.3, 0.4) is 0 Å². The van der Waals surface area contributed by atoms with Gasteiger partial charge in [-0.3, -0.25) is 4.79 Å². The summed E-state index contributed by atoms with van der Waals surface area (Å²) < 4.78 is 7.46. The number of benzene rings is 2. The Morgan fingerprint density at radius 1 is 1.10 bits per heavy atom. The van der Waals surface area contributed by atoms with Crippen LogP contribution >= 0.6 is 11.6 Å². The van der Waals surface area contributed by atoms with E-state index >= 15 is 0 Å². The lowest BCUT2D eigenvalue weighted by molar-refractivity contribution is 0.0960. The summed E-state index contributed by atoms with van der Waals surface area (Å²) in [5, 5.41) is 8.76. The molecule has 0 fully saturated rings. The van der Waals surface area contributed by atoms with Crippen LogP contribution in [0.4, 0.5) is 11.5 Å². The maximum atomic E-state index is 13.2. The number of fused-ring (bicyclic) bond motifs is 1. The van der Waals surface area contributed by atoms with Crippen molar-refractivity contribution in [1.82, 2.24) is 9.78 Å². The number of ketones is 1. The molecule has 5 rings (SSSR count). The molecule has 0 spiro atoms. The van der Waals surface area contributed by atoms with Crippen LogP contribution in [-0.4, -0.2) is 15.6 Å². The average molecular weight is 418 g/mol. The minimum atomic E-state index is 0.000770. The van der Waals surface area contributed by atoms with Crippen LogP contribution in [0.25, 0.3) is 5.69 Å². The normalized spacial score (nSPS) is 15.8. The van der Waals surface area contributed by atoms with E-state index in [2.05, 4.69) is 5.32 Å². The molecular formula is C24H20ClN3O2. The molecule has 2 aromatic carbocycles. The smallest absolute Gasteiger partial charge is 0.169 e. The Balaban J connectivity index is 1.61. The molecule has 0 bridgehead atoms. The Morgan fingerprint density at radius 2 is 1.93 bits per heavy atom. The maximum Gasteiger partial charge on any atom is 0.169 e. The van der Waals surface area contributed by atoms with Crippen molar-refractivity contribution in [3.63, 3.8) is 0 Å². The highest BCUT2D eigenvalue weighted by Gasteiger charge is 2.34. The highest BCUT2D eigenvalue weighted by molar-refractivity contribution is 6.31. The molecule has 0 amide bonds. The number of furan rings is 1. The van der Waals surface area contributed by atoms with E-state index in [9.17, 15) is 4.79 Å². The van der Waals surface area contributed by atoms with Gasteiger partial charge in [0.05, 0.1) is 23.2 Å². The summed E-state index contributed by atoms with van der Waals surface area (Å²) in [5.74, 6) is 1.44. The second kappa shape index (κ2) is 7.50. The third kappa shape index (κ3) is 3.31. The van der Waals surface area contributed by atoms with E-state index in [0.717, 1.165) is 28.4 Å². The van der Waals surface area contributed by atoms with Crippen molar-refractivity contribution >= 4 is 28.9 Å². The number of Topliss-reactive ketones (excluding diaryl/α,β-unsaturated/α-hetero) is 1. The first-order valence-electron chi connectivity index (χ1n) is 9.87. The van der Waals surface area contributed by atoms with Crippen LogP contribution in [0, 0.1) is 6.92 Å². The number of rotatable bonds is 4. The van der Waals surface area contributed by atoms with E-state index in [1.165, 1.54) is 0 Å². The highest BCUT2D eigenvalue weighted by Crippen LogP contribution is 2.38. The number of aryl methyl sites for hydroxylation is 1. The number of anilines is 2. The molecule has 0 radical (unpaired) electrons. The number of para-hydroxylation sites is 1. The zero-order valence-corrected chi connectivity index (χ0v) is 17.2. The van der Waals surface area contributed by atoms with Crippen molar-refractivity contribution < 1.29 is 9.21 Å². The Labute approximate surface area is 179 Å². The van der Waals surface area contributed by atoms with Gasteiger partial charge in [0.25, 0.3) is 0 Å². The van der Waals surface area contributed by atoms with Gasteiger partial charge in [0.1, 0.15) is 5.76 Å². The van der Waals surface area contributed by atoms with E-state index in [4.69, 9.17) is 21.1 Å². The van der Waals surface area contributed by atoms with E-state index < -0.39 is 0 Å². The summed E-state index contributed by atoms with van der Waals surface area (Å²) in [6.07, 6.45) is 2.72. The number of hydrogen-bond acceptors (Lipinski definition) is 4. The van der Waals surface area contributed by atoms with Crippen molar-refractivity contribution in [2.75, 3.05) is 5.32 Å². The molecule has 1 atom stereocenters. The number of carbonyl (C=O) groups excluding carboxylic acids is 1. The van der Waals surface area contributed by atoms with E-state index in [1.54, 1.807) is 6.26 Å². The third-order valence-corrected chi connectivity index (χ3v) is 5.92. The van der Waals surface area contributed by atoms with Crippen molar-refractivity contribution in [1.29, 1.82) is 0 Å². The predicted molar refractivity (Wildman–Crippen MR) is 117 cm³/mol. The molecule has 150 valence electrons. The molecule has 0 aliphatic heterocycles. The summed E-state index contributed by atoms with van der Waals surface area (Å²) in [6.45, 7) is 1.95. The van der Waals surface area contributed by atoms with Gasteiger partial charge >= 0.3 is 0 Å². The molecule has 2 aromatic heterocycles. The zero-order chi connectivity index (χ0) is 20.7. The zero-order valence-electron chi connectivity index (χ0n) is 16.4. The van der Waals surface area contributed by atoms with Crippen LogP contribution in [0.1, 0.15) is 39.7 Å². The lowest BCUT2D eigenvalue weighted by Crippen LogP contribution is -2.20. The van der Waals surface area contributed by atoms with Crippen LogP contribution < -0.4 is 5.32 Å². The number of nitrogens with zero attached hydrogens (tertiary/aromatic N) is 2. The molecule has 0 saturated heterocycles. The number of hydrogen-bond donors (Lipinski definition) is 1. The van der Waals surface area contributed by atoms with Gasteiger partial charge in [-0.2, -0.15) is 0 Å². The average Bonchev–Trinajstić information content (AvgIpc) is 3.40. The van der Waals surface area contributed by atoms with Gasteiger partial charge in [-0.1, -0.05) is 35.9 Å². The summed E-state index contributed by atoms with van der Waals surface area (Å²) in [4.78, 5) is 13.2. The standard InChI is InChI=1S/C24H20ClN3O2/c1-15-9-10-17(14-19(15)25)26-24-23-20(28(27-24)18-6-3-2-4-7-18)12-16(13-21(23)29)22-8-5-11-30-22/h2-11,14,16H,12-13H2,1H3,(H,26,27)/t16-/m1/s1. The van der Waals surface area contributed by atoms with E-state index in [1.807, 2.05) is 72.3 Å².